The molecule has 0 saturated heterocycles. The lowest BCUT2D eigenvalue weighted by Crippen LogP contribution is -2.60. The largest absolute Gasteiger partial charge is 0.458 e. The van der Waals surface area contributed by atoms with Crippen LogP contribution in [0.5, 0.6) is 5.75 Å². The number of aromatic nitrogens is 3. The van der Waals surface area contributed by atoms with Crippen molar-refractivity contribution < 1.29 is 36.2 Å². The first-order valence-electron chi connectivity index (χ1n) is 8.34. The molecule has 1 aliphatic rings. The molecule has 1 aromatic carbocycles. The number of ether oxygens (including phenoxy) is 1. The lowest BCUT2D eigenvalue weighted by Gasteiger charge is -2.46. The molecule has 1 N–H and O–H groups in total. The van der Waals surface area contributed by atoms with Crippen LogP contribution in [0.2, 0.25) is 5.02 Å². The van der Waals surface area contributed by atoms with Crippen LogP contribution in [0.1, 0.15) is 6.92 Å². The normalized spacial score (nSPS) is 21.1. The highest BCUT2D eigenvalue weighted by Gasteiger charge is 2.76. The summed E-state index contributed by atoms with van der Waals surface area (Å²) in [5.41, 5.74) is -7.19. The Morgan fingerprint density at radius 3 is 2.20 bits per heavy atom. The molecule has 162 valence electrons. The smallest absolute Gasteiger partial charge is 0.407 e. The van der Waals surface area contributed by atoms with Crippen LogP contribution in [-0.2, 0) is 5.72 Å². The van der Waals surface area contributed by atoms with Crippen molar-refractivity contribution in [3.8, 4) is 5.75 Å². The van der Waals surface area contributed by atoms with Gasteiger partial charge in [0, 0.05) is 5.02 Å². The van der Waals surface area contributed by atoms with Gasteiger partial charge in [-0.15, -0.1) is 0 Å². The predicted octanol–water partition coefficient (Wildman–Crippen LogP) is 4.86. The fourth-order valence-corrected chi connectivity index (χ4v) is 3.41. The third-order valence-corrected chi connectivity index (χ3v) is 5.02. The van der Waals surface area contributed by atoms with E-state index in [1.165, 1.54) is 24.3 Å². The van der Waals surface area contributed by atoms with Crippen LogP contribution in [0.25, 0.3) is 0 Å². The maximum absolute atomic E-state index is 14.1. The maximum atomic E-state index is 14.1. The van der Waals surface area contributed by atoms with E-state index in [4.69, 9.17) is 16.3 Å². The van der Waals surface area contributed by atoms with Crippen molar-refractivity contribution in [2.45, 2.75) is 25.0 Å². The number of benzene rings is 1. The van der Waals surface area contributed by atoms with Crippen molar-refractivity contribution in [2.24, 2.45) is 11.3 Å². The number of nitrogens with zero attached hydrogens (tertiary/aromatic N) is 3. The van der Waals surface area contributed by atoms with Gasteiger partial charge in [0.05, 0.1) is 5.92 Å². The second kappa shape index (κ2) is 7.31. The lowest BCUT2D eigenvalue weighted by molar-refractivity contribution is -0.353. The molecule has 30 heavy (non-hydrogen) atoms. The highest BCUT2D eigenvalue weighted by Crippen LogP contribution is 2.61. The Bertz CT molecular complexity index is 936. The summed E-state index contributed by atoms with van der Waals surface area (Å²) in [6.45, 7) is 0.793. The molecular formula is C18H14ClF6N3O2. The molecule has 0 radical (unpaired) electrons. The zero-order chi connectivity index (χ0) is 22.4. The third-order valence-electron chi connectivity index (χ3n) is 4.77. The first kappa shape index (κ1) is 22.2. The zero-order valence-corrected chi connectivity index (χ0v) is 15.9. The summed E-state index contributed by atoms with van der Waals surface area (Å²) in [6.07, 6.45) is -8.49. The summed E-state index contributed by atoms with van der Waals surface area (Å²) in [7, 11) is 0. The Balaban J connectivity index is 2.15. The van der Waals surface area contributed by atoms with Gasteiger partial charge in [-0.05, 0) is 43.3 Å². The van der Waals surface area contributed by atoms with E-state index >= 15 is 0 Å². The maximum Gasteiger partial charge on any atom is 0.407 e. The molecule has 0 bridgehead atoms. The van der Waals surface area contributed by atoms with Crippen LogP contribution in [0.4, 0.5) is 26.3 Å². The van der Waals surface area contributed by atoms with Crippen LogP contribution in [0.3, 0.4) is 0 Å². The van der Waals surface area contributed by atoms with Crippen molar-refractivity contribution in [1.29, 1.82) is 0 Å². The van der Waals surface area contributed by atoms with E-state index in [-0.39, 0.29) is 11.8 Å². The quantitative estimate of drug-likeness (QED) is 0.672. The molecule has 12 heteroatoms. The minimum atomic E-state index is -5.83. The van der Waals surface area contributed by atoms with Crippen molar-refractivity contribution in [3.63, 3.8) is 0 Å². The first-order chi connectivity index (χ1) is 13.8. The van der Waals surface area contributed by atoms with E-state index < -0.39 is 35.2 Å². The molecule has 0 aliphatic heterocycles. The summed E-state index contributed by atoms with van der Waals surface area (Å²) >= 11 is 5.71. The van der Waals surface area contributed by atoms with Gasteiger partial charge in [0.15, 0.2) is 11.1 Å². The number of hydrogen-bond donors (Lipinski definition) is 1. The molecule has 1 aromatic heterocycles. The molecule has 0 amide bonds. The molecule has 5 nitrogen and oxygen atoms in total. The van der Waals surface area contributed by atoms with Gasteiger partial charge in [-0.1, -0.05) is 17.7 Å². The van der Waals surface area contributed by atoms with Gasteiger partial charge in [0.2, 0.25) is 0 Å². The summed E-state index contributed by atoms with van der Waals surface area (Å²) in [5.74, 6) is -3.24. The fourth-order valence-electron chi connectivity index (χ4n) is 3.28. The lowest BCUT2D eigenvalue weighted by atomic mass is 9.66. The second-order valence-electron chi connectivity index (χ2n) is 6.74. The summed E-state index contributed by atoms with van der Waals surface area (Å²) in [4.78, 5) is 3.49. The van der Waals surface area contributed by atoms with Gasteiger partial charge in [-0.25, -0.2) is 9.67 Å². The zero-order valence-electron chi connectivity index (χ0n) is 15.1. The van der Waals surface area contributed by atoms with Crippen molar-refractivity contribution in [1.82, 2.24) is 14.8 Å². The number of hydrogen-bond acceptors (Lipinski definition) is 4. The second-order valence-corrected chi connectivity index (χ2v) is 7.17. The minimum absolute atomic E-state index is 0.0185. The summed E-state index contributed by atoms with van der Waals surface area (Å²) in [6, 6.07) is 5.31. The third kappa shape index (κ3) is 3.67. The Morgan fingerprint density at radius 2 is 1.70 bits per heavy atom. The van der Waals surface area contributed by atoms with Crippen molar-refractivity contribution in [2.75, 3.05) is 0 Å². The number of aliphatic hydroxyl groups is 1. The van der Waals surface area contributed by atoms with Gasteiger partial charge in [-0.3, -0.25) is 0 Å². The number of allylic oxidation sites excluding steroid dienone is 2. The van der Waals surface area contributed by atoms with Gasteiger partial charge < -0.3 is 9.84 Å². The van der Waals surface area contributed by atoms with E-state index in [0.717, 1.165) is 25.7 Å². The van der Waals surface area contributed by atoms with Crippen molar-refractivity contribution >= 4 is 11.6 Å². The first-order valence-corrected chi connectivity index (χ1v) is 8.72. The molecule has 0 spiro atoms. The monoisotopic (exact) mass is 453 g/mol. The van der Waals surface area contributed by atoms with Crippen LogP contribution in [0, 0.1) is 11.3 Å². The van der Waals surface area contributed by atoms with Gasteiger partial charge >= 0.3 is 12.4 Å². The fraction of sp³-hybridized carbons (Fsp3) is 0.333. The van der Waals surface area contributed by atoms with E-state index in [1.807, 2.05) is 0 Å². The predicted molar refractivity (Wildman–Crippen MR) is 93.2 cm³/mol. The topological polar surface area (TPSA) is 60.2 Å². The standard InChI is InChI=1S/C18H14ClF6N3O2/c1-15(29,28-10-26-9-27-28)14-7-6-13(30-12-4-2-11(19)3-5-12)8-16(14,17(20,21)22)18(23,24)25/h2-10,14,29H,1H3. The summed E-state index contributed by atoms with van der Waals surface area (Å²) < 4.78 is 90.1. The van der Waals surface area contributed by atoms with Crippen LogP contribution in [0.15, 0.2) is 60.9 Å². The highest BCUT2D eigenvalue weighted by atomic mass is 35.5. The average Bonchev–Trinajstić information content (AvgIpc) is 3.17. The molecule has 2 atom stereocenters. The molecule has 1 aliphatic carbocycles. The molecule has 0 fully saturated rings. The molecule has 2 aromatic rings. The van der Waals surface area contributed by atoms with E-state index in [0.29, 0.717) is 15.8 Å². The minimum Gasteiger partial charge on any atom is -0.458 e. The Hall–Kier alpha value is -2.53. The summed E-state index contributed by atoms with van der Waals surface area (Å²) in [5, 5.41) is 14.5. The van der Waals surface area contributed by atoms with E-state index in [2.05, 4.69) is 10.1 Å². The van der Waals surface area contributed by atoms with Crippen molar-refractivity contribution in [3.05, 3.63) is 65.9 Å². The van der Waals surface area contributed by atoms with Crippen LogP contribution >= 0.6 is 11.6 Å². The van der Waals surface area contributed by atoms with Gasteiger partial charge in [0.1, 0.15) is 24.2 Å². The van der Waals surface area contributed by atoms with Crippen LogP contribution in [-0.4, -0.2) is 32.2 Å². The number of rotatable bonds is 4. The van der Waals surface area contributed by atoms with Crippen LogP contribution < -0.4 is 4.74 Å². The van der Waals surface area contributed by atoms with E-state index in [1.54, 1.807) is 0 Å². The SMILES string of the molecule is CC(O)(C1C=CC(Oc2ccc(Cl)cc2)=CC1(C(F)(F)F)C(F)(F)F)n1cncn1. The highest BCUT2D eigenvalue weighted by molar-refractivity contribution is 6.30. The average molecular weight is 454 g/mol. The number of alkyl halides is 6. The van der Waals surface area contributed by atoms with E-state index in [9.17, 15) is 31.4 Å². The Labute approximate surface area is 171 Å². The molecule has 0 saturated carbocycles. The van der Waals surface area contributed by atoms with Gasteiger partial charge in [-0.2, -0.15) is 31.4 Å². The Morgan fingerprint density at radius 1 is 1.10 bits per heavy atom. The van der Waals surface area contributed by atoms with Gasteiger partial charge in [0.25, 0.3) is 0 Å². The molecule has 2 unspecified atom stereocenters. The Kier molecular flexibility index (Phi) is 5.40. The molecule has 1 heterocycles. The number of halogens is 7. The molecular weight excluding hydrogens is 440 g/mol. The molecule has 3 rings (SSSR count).